The van der Waals surface area contributed by atoms with Gasteiger partial charge in [0.25, 0.3) is 0 Å². The highest BCUT2D eigenvalue weighted by molar-refractivity contribution is 9.10. The van der Waals surface area contributed by atoms with E-state index in [1.54, 1.807) is 13.2 Å². The third kappa shape index (κ3) is 3.44. The number of benzene rings is 2. The molecule has 0 amide bonds. The summed E-state index contributed by atoms with van der Waals surface area (Å²) in [4.78, 5) is 0. The van der Waals surface area contributed by atoms with E-state index in [4.69, 9.17) is 9.47 Å². The second-order valence-corrected chi connectivity index (χ2v) is 4.74. The Morgan fingerprint density at radius 3 is 2.53 bits per heavy atom. The zero-order valence-electron chi connectivity index (χ0n) is 10.1. The van der Waals surface area contributed by atoms with E-state index in [-0.39, 0.29) is 12.4 Å². The summed E-state index contributed by atoms with van der Waals surface area (Å²) < 4.78 is 37.3. The van der Waals surface area contributed by atoms with E-state index < -0.39 is 11.6 Å². The summed E-state index contributed by atoms with van der Waals surface area (Å²) in [6.07, 6.45) is 0. The molecule has 0 unspecified atom stereocenters. The van der Waals surface area contributed by atoms with Gasteiger partial charge in [0.2, 0.25) is 0 Å². The topological polar surface area (TPSA) is 18.5 Å². The summed E-state index contributed by atoms with van der Waals surface area (Å²) in [6, 6.07) is 8.91. The molecule has 0 aromatic heterocycles. The van der Waals surface area contributed by atoms with Crippen molar-refractivity contribution in [3.63, 3.8) is 0 Å². The molecule has 0 N–H and O–H groups in total. The average molecular weight is 329 g/mol. The number of hydrogen-bond donors (Lipinski definition) is 0. The maximum absolute atomic E-state index is 13.0. The molecule has 0 aliphatic rings. The van der Waals surface area contributed by atoms with Crippen molar-refractivity contribution >= 4 is 15.9 Å². The summed E-state index contributed by atoms with van der Waals surface area (Å²) in [7, 11) is 1.56. The highest BCUT2D eigenvalue weighted by Gasteiger charge is 2.07. The molecule has 0 saturated heterocycles. The third-order valence-corrected chi connectivity index (χ3v) is 3.02. The Kier molecular flexibility index (Phi) is 4.37. The highest BCUT2D eigenvalue weighted by Crippen LogP contribution is 2.25. The van der Waals surface area contributed by atoms with Crippen LogP contribution in [0, 0.1) is 11.6 Å². The number of halogens is 3. The zero-order chi connectivity index (χ0) is 13.8. The summed E-state index contributed by atoms with van der Waals surface area (Å²) in [5, 5.41) is 0. The number of ether oxygens (including phenoxy) is 2. The molecule has 0 fully saturated rings. The van der Waals surface area contributed by atoms with Crippen LogP contribution in [0.15, 0.2) is 40.9 Å². The molecule has 0 aliphatic carbocycles. The number of rotatable bonds is 4. The molecule has 2 aromatic carbocycles. The van der Waals surface area contributed by atoms with Gasteiger partial charge in [-0.05, 0) is 30.3 Å². The van der Waals surface area contributed by atoms with E-state index in [0.29, 0.717) is 5.75 Å². The minimum absolute atomic E-state index is 0.202. The molecule has 0 atom stereocenters. The van der Waals surface area contributed by atoms with Gasteiger partial charge >= 0.3 is 0 Å². The van der Waals surface area contributed by atoms with Crippen molar-refractivity contribution in [1.82, 2.24) is 0 Å². The van der Waals surface area contributed by atoms with Gasteiger partial charge < -0.3 is 9.47 Å². The van der Waals surface area contributed by atoms with E-state index >= 15 is 0 Å². The van der Waals surface area contributed by atoms with Crippen molar-refractivity contribution in [2.45, 2.75) is 6.61 Å². The normalized spacial score (nSPS) is 10.3. The van der Waals surface area contributed by atoms with Crippen LogP contribution in [-0.2, 0) is 6.61 Å². The van der Waals surface area contributed by atoms with E-state index in [0.717, 1.165) is 22.2 Å². The molecule has 0 bridgehead atoms. The molecule has 5 heteroatoms. The van der Waals surface area contributed by atoms with Crippen molar-refractivity contribution in [2.24, 2.45) is 0 Å². The lowest BCUT2D eigenvalue weighted by atomic mass is 10.2. The standard InChI is InChI=1S/C14H11BrF2O2/c1-18-14-5-2-10(15)6-9(14)8-19-11-3-4-12(16)13(17)7-11/h2-7H,8H2,1H3. The number of methoxy groups -OCH3 is 1. The Balaban J connectivity index is 2.13. The van der Waals surface area contributed by atoms with Crippen LogP contribution in [0.25, 0.3) is 0 Å². The van der Waals surface area contributed by atoms with Crippen LogP contribution in [0.4, 0.5) is 8.78 Å². The van der Waals surface area contributed by atoms with E-state index in [1.165, 1.54) is 6.07 Å². The molecule has 0 spiro atoms. The van der Waals surface area contributed by atoms with Crippen LogP contribution < -0.4 is 9.47 Å². The van der Waals surface area contributed by atoms with Gasteiger partial charge in [0.15, 0.2) is 11.6 Å². The first kappa shape index (κ1) is 13.8. The molecule has 2 nitrogen and oxygen atoms in total. The van der Waals surface area contributed by atoms with Crippen molar-refractivity contribution in [3.05, 3.63) is 58.1 Å². The first-order chi connectivity index (χ1) is 9.10. The molecule has 0 radical (unpaired) electrons. The second-order valence-electron chi connectivity index (χ2n) is 3.82. The van der Waals surface area contributed by atoms with Gasteiger partial charge in [-0.3, -0.25) is 0 Å². The van der Waals surface area contributed by atoms with Gasteiger partial charge in [0.05, 0.1) is 7.11 Å². The fourth-order valence-electron chi connectivity index (χ4n) is 1.59. The zero-order valence-corrected chi connectivity index (χ0v) is 11.7. The fourth-order valence-corrected chi connectivity index (χ4v) is 2.00. The predicted molar refractivity (Wildman–Crippen MR) is 71.4 cm³/mol. The maximum Gasteiger partial charge on any atom is 0.162 e. The summed E-state index contributed by atoms with van der Waals surface area (Å²) in [6.45, 7) is 0.202. The lowest BCUT2D eigenvalue weighted by Crippen LogP contribution is -1.99. The lowest BCUT2D eigenvalue weighted by Gasteiger charge is -2.11. The first-order valence-corrected chi connectivity index (χ1v) is 6.29. The van der Waals surface area contributed by atoms with E-state index in [1.807, 2.05) is 12.1 Å². The van der Waals surface area contributed by atoms with Crippen LogP contribution in [0.1, 0.15) is 5.56 Å². The van der Waals surface area contributed by atoms with Gasteiger partial charge in [-0.25, -0.2) is 8.78 Å². The Labute approximate surface area is 118 Å². The predicted octanol–water partition coefficient (Wildman–Crippen LogP) is 4.31. The second kappa shape index (κ2) is 6.02. The molecular formula is C14H11BrF2O2. The Bertz CT molecular complexity index is 588. The Morgan fingerprint density at radius 2 is 1.84 bits per heavy atom. The molecule has 0 heterocycles. The smallest absolute Gasteiger partial charge is 0.162 e. The van der Waals surface area contributed by atoms with Gasteiger partial charge in [-0.15, -0.1) is 0 Å². The monoisotopic (exact) mass is 328 g/mol. The summed E-state index contributed by atoms with van der Waals surface area (Å²) >= 11 is 3.35. The van der Waals surface area contributed by atoms with E-state index in [2.05, 4.69) is 15.9 Å². The van der Waals surface area contributed by atoms with Gasteiger partial charge in [-0.1, -0.05) is 15.9 Å². The Morgan fingerprint density at radius 1 is 1.05 bits per heavy atom. The van der Waals surface area contributed by atoms with Crippen molar-refractivity contribution in [3.8, 4) is 11.5 Å². The van der Waals surface area contributed by atoms with Gasteiger partial charge in [0.1, 0.15) is 18.1 Å². The quantitative estimate of drug-likeness (QED) is 0.832. The van der Waals surface area contributed by atoms with Gasteiger partial charge in [0, 0.05) is 16.1 Å². The van der Waals surface area contributed by atoms with Crippen LogP contribution in [0.2, 0.25) is 0 Å². The van der Waals surface area contributed by atoms with Crippen LogP contribution in [0.3, 0.4) is 0 Å². The minimum Gasteiger partial charge on any atom is -0.496 e. The molecule has 2 aromatic rings. The van der Waals surface area contributed by atoms with Crippen molar-refractivity contribution < 1.29 is 18.3 Å². The van der Waals surface area contributed by atoms with Gasteiger partial charge in [-0.2, -0.15) is 0 Å². The van der Waals surface area contributed by atoms with Crippen molar-refractivity contribution in [2.75, 3.05) is 7.11 Å². The third-order valence-electron chi connectivity index (χ3n) is 2.53. The Hall–Kier alpha value is -1.62. The van der Waals surface area contributed by atoms with Crippen LogP contribution in [0.5, 0.6) is 11.5 Å². The molecule has 0 saturated carbocycles. The largest absolute Gasteiger partial charge is 0.496 e. The summed E-state index contributed by atoms with van der Waals surface area (Å²) in [5.41, 5.74) is 0.807. The maximum atomic E-state index is 13.0. The molecular weight excluding hydrogens is 318 g/mol. The molecule has 0 aliphatic heterocycles. The highest BCUT2D eigenvalue weighted by atomic mass is 79.9. The number of hydrogen-bond acceptors (Lipinski definition) is 2. The molecule has 100 valence electrons. The van der Waals surface area contributed by atoms with Crippen LogP contribution in [-0.4, -0.2) is 7.11 Å². The fraction of sp³-hybridized carbons (Fsp3) is 0.143. The minimum atomic E-state index is -0.932. The molecule has 2 rings (SSSR count). The van der Waals surface area contributed by atoms with E-state index in [9.17, 15) is 8.78 Å². The van der Waals surface area contributed by atoms with Crippen LogP contribution >= 0.6 is 15.9 Å². The average Bonchev–Trinajstić information content (AvgIpc) is 2.40. The summed E-state index contributed by atoms with van der Waals surface area (Å²) in [5.74, 6) is -0.891. The SMILES string of the molecule is COc1ccc(Br)cc1COc1ccc(F)c(F)c1. The lowest BCUT2D eigenvalue weighted by molar-refractivity contribution is 0.294. The molecule has 19 heavy (non-hydrogen) atoms. The van der Waals surface area contributed by atoms with Crippen molar-refractivity contribution in [1.29, 1.82) is 0 Å². The first-order valence-electron chi connectivity index (χ1n) is 5.50.